The first kappa shape index (κ1) is 16.3. The van der Waals surface area contributed by atoms with Gasteiger partial charge in [0, 0.05) is 16.2 Å². The second-order valence-corrected chi connectivity index (χ2v) is 5.20. The van der Waals surface area contributed by atoms with E-state index in [1.807, 2.05) is 0 Å². The highest BCUT2D eigenvalue weighted by atomic mass is 35.5. The van der Waals surface area contributed by atoms with Crippen molar-refractivity contribution in [3.05, 3.63) is 57.8 Å². The molecule has 0 saturated heterocycles. The largest absolute Gasteiger partial charge is 0.464 e. The van der Waals surface area contributed by atoms with Crippen LogP contribution >= 0.6 is 23.2 Å². The number of ether oxygens (including phenoxy) is 1. The van der Waals surface area contributed by atoms with E-state index in [9.17, 15) is 9.59 Å². The van der Waals surface area contributed by atoms with Gasteiger partial charge in [-0.1, -0.05) is 29.3 Å². The van der Waals surface area contributed by atoms with E-state index in [1.165, 1.54) is 13.3 Å². The maximum atomic E-state index is 12.1. The molecule has 2 rings (SSSR count). The zero-order valence-electron chi connectivity index (χ0n) is 11.6. The molecule has 1 heterocycles. The third-order valence-electron chi connectivity index (χ3n) is 2.83. The van der Waals surface area contributed by atoms with Crippen LogP contribution in [0.4, 0.5) is 5.69 Å². The van der Waals surface area contributed by atoms with Crippen LogP contribution < -0.4 is 5.32 Å². The zero-order chi connectivity index (χ0) is 16.1. The number of halogens is 2. The molecule has 114 valence electrons. The molecule has 0 unspecified atom stereocenters. The van der Waals surface area contributed by atoms with Crippen molar-refractivity contribution in [1.29, 1.82) is 0 Å². The maximum absolute atomic E-state index is 12.1. The van der Waals surface area contributed by atoms with Crippen molar-refractivity contribution in [3.63, 3.8) is 0 Å². The van der Waals surface area contributed by atoms with Crippen LogP contribution in [0.1, 0.15) is 16.1 Å². The third kappa shape index (κ3) is 3.96. The zero-order valence-corrected chi connectivity index (χ0v) is 13.1. The number of carbonyl (C=O) groups is 2. The highest BCUT2D eigenvalue weighted by molar-refractivity contribution is 6.35. The van der Waals surface area contributed by atoms with Gasteiger partial charge in [-0.3, -0.25) is 4.79 Å². The molecule has 22 heavy (non-hydrogen) atoms. The fourth-order valence-corrected chi connectivity index (χ4v) is 2.27. The van der Waals surface area contributed by atoms with Gasteiger partial charge in [0.15, 0.2) is 5.69 Å². The summed E-state index contributed by atoms with van der Waals surface area (Å²) in [5, 5.41) is 3.52. The number of hydrogen-bond donors (Lipinski definition) is 1. The second kappa shape index (κ2) is 7.24. The van der Waals surface area contributed by atoms with Gasteiger partial charge in [-0.15, -0.1) is 0 Å². The minimum atomic E-state index is -0.625. The van der Waals surface area contributed by atoms with E-state index < -0.39 is 5.97 Å². The topological polar surface area (TPSA) is 68.3 Å². The molecule has 7 heteroatoms. The summed E-state index contributed by atoms with van der Waals surface area (Å²) in [6.07, 6.45) is 1.49. The van der Waals surface area contributed by atoms with E-state index in [0.29, 0.717) is 15.6 Å². The quantitative estimate of drug-likeness (QED) is 0.868. The number of rotatable bonds is 4. The van der Waals surface area contributed by atoms with E-state index in [1.54, 1.807) is 30.3 Å². The predicted octanol–water partition coefficient (Wildman–Crippen LogP) is 3.36. The Morgan fingerprint density at radius 1 is 1.27 bits per heavy atom. The van der Waals surface area contributed by atoms with Gasteiger partial charge >= 0.3 is 5.97 Å². The molecule has 0 fully saturated rings. The third-order valence-corrected chi connectivity index (χ3v) is 3.41. The number of anilines is 1. The molecule has 0 atom stereocenters. The first-order valence-corrected chi connectivity index (χ1v) is 7.04. The lowest BCUT2D eigenvalue weighted by molar-refractivity contribution is -0.115. The minimum Gasteiger partial charge on any atom is -0.464 e. The Hall–Kier alpha value is -2.11. The standard InChI is InChI=1S/C15H12Cl2N2O3/c1-22-15(21)14-12(3-2-6-18-14)19-13(20)7-9-4-5-10(16)8-11(9)17/h2-6,8H,7H2,1H3,(H,19,20). The number of benzene rings is 1. The van der Waals surface area contributed by atoms with E-state index in [4.69, 9.17) is 23.2 Å². The number of esters is 1. The Morgan fingerprint density at radius 2 is 2.05 bits per heavy atom. The van der Waals surface area contributed by atoms with Gasteiger partial charge < -0.3 is 10.1 Å². The molecule has 0 radical (unpaired) electrons. The Balaban J connectivity index is 2.14. The average Bonchev–Trinajstić information content (AvgIpc) is 2.50. The van der Waals surface area contributed by atoms with Gasteiger partial charge in [0.05, 0.1) is 19.2 Å². The Bertz CT molecular complexity index is 720. The van der Waals surface area contributed by atoms with Crippen molar-refractivity contribution in [2.24, 2.45) is 0 Å². The number of carbonyl (C=O) groups excluding carboxylic acids is 2. The molecule has 2 aromatic rings. The minimum absolute atomic E-state index is 0.0422. The van der Waals surface area contributed by atoms with Crippen molar-refractivity contribution in [1.82, 2.24) is 4.98 Å². The van der Waals surface area contributed by atoms with Crippen LogP contribution in [-0.4, -0.2) is 24.0 Å². The smallest absolute Gasteiger partial charge is 0.358 e. The summed E-state index contributed by atoms with van der Waals surface area (Å²) in [7, 11) is 1.25. The van der Waals surface area contributed by atoms with Crippen LogP contribution in [0.15, 0.2) is 36.5 Å². The van der Waals surface area contributed by atoms with Crippen molar-refractivity contribution in [2.75, 3.05) is 12.4 Å². The van der Waals surface area contributed by atoms with Crippen LogP contribution in [0.25, 0.3) is 0 Å². The number of amides is 1. The van der Waals surface area contributed by atoms with Crippen LogP contribution in [0.5, 0.6) is 0 Å². The summed E-state index contributed by atoms with van der Waals surface area (Å²) in [4.78, 5) is 27.6. The molecule has 1 amide bonds. The Labute approximate surface area is 137 Å². The van der Waals surface area contributed by atoms with Gasteiger partial charge in [-0.2, -0.15) is 0 Å². The number of aromatic nitrogens is 1. The molecule has 1 aromatic carbocycles. The molecule has 0 aliphatic heterocycles. The molecule has 0 saturated carbocycles. The van der Waals surface area contributed by atoms with Crippen molar-refractivity contribution in [2.45, 2.75) is 6.42 Å². The second-order valence-electron chi connectivity index (χ2n) is 4.35. The predicted molar refractivity (Wildman–Crippen MR) is 84.4 cm³/mol. The van der Waals surface area contributed by atoms with Gasteiger partial charge in [0.25, 0.3) is 0 Å². The summed E-state index contributed by atoms with van der Waals surface area (Å²) in [6, 6.07) is 8.07. The normalized spacial score (nSPS) is 10.1. The maximum Gasteiger partial charge on any atom is 0.358 e. The average molecular weight is 339 g/mol. The summed E-state index contributed by atoms with van der Waals surface area (Å²) < 4.78 is 4.62. The van der Waals surface area contributed by atoms with E-state index in [0.717, 1.165) is 0 Å². The van der Waals surface area contributed by atoms with Gasteiger partial charge in [0.2, 0.25) is 5.91 Å². The van der Waals surface area contributed by atoms with E-state index in [-0.39, 0.29) is 23.7 Å². The van der Waals surface area contributed by atoms with Crippen LogP contribution in [-0.2, 0) is 16.0 Å². The fourth-order valence-electron chi connectivity index (χ4n) is 1.80. The molecular formula is C15H12Cl2N2O3. The summed E-state index contributed by atoms with van der Waals surface area (Å²) in [5.74, 6) is -0.956. The lowest BCUT2D eigenvalue weighted by Crippen LogP contribution is -2.18. The number of nitrogens with zero attached hydrogens (tertiary/aromatic N) is 1. The molecule has 0 aliphatic rings. The van der Waals surface area contributed by atoms with Gasteiger partial charge in [-0.05, 0) is 29.8 Å². The summed E-state index contributed by atoms with van der Waals surface area (Å²) >= 11 is 11.8. The number of methoxy groups -OCH3 is 1. The molecule has 0 bridgehead atoms. The van der Waals surface area contributed by atoms with Crippen molar-refractivity contribution in [3.8, 4) is 0 Å². The Kier molecular flexibility index (Phi) is 5.35. The lowest BCUT2D eigenvalue weighted by atomic mass is 10.1. The first-order valence-electron chi connectivity index (χ1n) is 6.28. The SMILES string of the molecule is COC(=O)c1ncccc1NC(=O)Cc1ccc(Cl)cc1Cl. The van der Waals surface area contributed by atoms with Crippen molar-refractivity contribution >= 4 is 40.8 Å². The first-order chi connectivity index (χ1) is 10.5. The number of nitrogens with one attached hydrogen (secondary N) is 1. The van der Waals surface area contributed by atoms with E-state index >= 15 is 0 Å². The van der Waals surface area contributed by atoms with Crippen LogP contribution in [0.3, 0.4) is 0 Å². The van der Waals surface area contributed by atoms with Crippen molar-refractivity contribution < 1.29 is 14.3 Å². The van der Waals surface area contributed by atoms with E-state index in [2.05, 4.69) is 15.0 Å². The van der Waals surface area contributed by atoms with Gasteiger partial charge in [0.1, 0.15) is 0 Å². The molecule has 1 N–H and O–H groups in total. The molecule has 1 aromatic heterocycles. The fraction of sp³-hybridized carbons (Fsp3) is 0.133. The van der Waals surface area contributed by atoms with Gasteiger partial charge in [-0.25, -0.2) is 9.78 Å². The Morgan fingerprint density at radius 3 is 2.73 bits per heavy atom. The number of pyridine rings is 1. The molecule has 0 spiro atoms. The summed E-state index contributed by atoms with van der Waals surface area (Å²) in [6.45, 7) is 0. The monoisotopic (exact) mass is 338 g/mol. The highest BCUT2D eigenvalue weighted by Crippen LogP contribution is 2.22. The molecule has 0 aliphatic carbocycles. The number of hydrogen-bond acceptors (Lipinski definition) is 4. The molecule has 5 nitrogen and oxygen atoms in total. The van der Waals surface area contributed by atoms with Crippen LogP contribution in [0, 0.1) is 0 Å². The lowest BCUT2D eigenvalue weighted by Gasteiger charge is -2.09. The van der Waals surface area contributed by atoms with Crippen LogP contribution in [0.2, 0.25) is 10.0 Å². The highest BCUT2D eigenvalue weighted by Gasteiger charge is 2.15. The molecular weight excluding hydrogens is 327 g/mol. The summed E-state index contributed by atoms with van der Waals surface area (Å²) in [5.41, 5.74) is 0.956.